The number of para-hydroxylation sites is 1. The molecular weight excluding hydrogens is 190 g/mol. The van der Waals surface area contributed by atoms with E-state index in [1.54, 1.807) is 0 Å². The number of benzene rings is 1. The maximum atomic E-state index is 5.89. The van der Waals surface area contributed by atoms with Gasteiger partial charge in [0.15, 0.2) is 0 Å². The Bertz CT molecular complexity index is 318. The fraction of sp³-hybridized carbons (Fsp3) is 0.500. The van der Waals surface area contributed by atoms with Crippen molar-refractivity contribution in [1.29, 1.82) is 0 Å². The molecule has 0 heterocycles. The van der Waals surface area contributed by atoms with Crippen molar-refractivity contribution in [2.24, 2.45) is 5.41 Å². The largest absolute Gasteiger partial charge is 0.398 e. The minimum Gasteiger partial charge on any atom is -0.398 e. The lowest BCUT2D eigenvalue weighted by Gasteiger charge is -2.38. The van der Waals surface area contributed by atoms with E-state index in [-0.39, 0.29) is 0 Å². The van der Waals surface area contributed by atoms with Gasteiger partial charge < -0.3 is 5.73 Å². The summed E-state index contributed by atoms with van der Waals surface area (Å²) in [6.45, 7) is 2.38. The second-order valence-corrected chi connectivity index (χ2v) is 5.51. The van der Waals surface area contributed by atoms with Crippen LogP contribution >= 0.6 is 11.8 Å². The zero-order chi connectivity index (χ0) is 10.0. The van der Waals surface area contributed by atoms with Crippen LogP contribution in [0.15, 0.2) is 29.2 Å². The van der Waals surface area contributed by atoms with E-state index in [1.165, 1.54) is 29.9 Å². The van der Waals surface area contributed by atoms with Crippen molar-refractivity contribution >= 4 is 17.4 Å². The summed E-state index contributed by atoms with van der Waals surface area (Å²) < 4.78 is 0. The first-order valence-corrected chi connectivity index (χ1v) is 6.16. The van der Waals surface area contributed by atoms with Gasteiger partial charge >= 0.3 is 0 Å². The van der Waals surface area contributed by atoms with Gasteiger partial charge in [0.2, 0.25) is 0 Å². The van der Waals surface area contributed by atoms with Crippen molar-refractivity contribution in [3.63, 3.8) is 0 Å². The minimum absolute atomic E-state index is 0.576. The molecule has 1 saturated carbocycles. The number of nitrogens with two attached hydrogens (primary N) is 1. The maximum absolute atomic E-state index is 5.89. The highest BCUT2D eigenvalue weighted by Gasteiger charge is 2.31. The summed E-state index contributed by atoms with van der Waals surface area (Å²) in [5.74, 6) is 1.21. The van der Waals surface area contributed by atoms with E-state index < -0.39 is 0 Å². The Labute approximate surface area is 90.1 Å². The van der Waals surface area contributed by atoms with Gasteiger partial charge in [-0.1, -0.05) is 25.5 Å². The van der Waals surface area contributed by atoms with E-state index in [1.807, 2.05) is 23.9 Å². The Balaban J connectivity index is 1.95. The van der Waals surface area contributed by atoms with E-state index >= 15 is 0 Å². The molecule has 1 fully saturated rings. The van der Waals surface area contributed by atoms with Gasteiger partial charge in [0.05, 0.1) is 0 Å². The first-order chi connectivity index (χ1) is 6.70. The van der Waals surface area contributed by atoms with Crippen molar-refractivity contribution in [2.45, 2.75) is 31.1 Å². The molecule has 0 aliphatic heterocycles. The molecule has 0 unspecified atom stereocenters. The second kappa shape index (κ2) is 3.85. The molecule has 76 valence electrons. The first kappa shape index (κ1) is 9.91. The van der Waals surface area contributed by atoms with Crippen LogP contribution in [0.25, 0.3) is 0 Å². The highest BCUT2D eigenvalue weighted by Crippen LogP contribution is 2.44. The molecule has 14 heavy (non-hydrogen) atoms. The van der Waals surface area contributed by atoms with Gasteiger partial charge in [0.1, 0.15) is 0 Å². The lowest BCUT2D eigenvalue weighted by atomic mass is 9.72. The molecule has 1 nitrogen and oxygen atoms in total. The van der Waals surface area contributed by atoms with Crippen molar-refractivity contribution in [2.75, 3.05) is 11.5 Å². The minimum atomic E-state index is 0.576. The Hall–Kier alpha value is -0.630. The van der Waals surface area contributed by atoms with Gasteiger partial charge in [0.25, 0.3) is 0 Å². The van der Waals surface area contributed by atoms with Gasteiger partial charge in [-0.25, -0.2) is 0 Å². The Morgan fingerprint density at radius 2 is 2.07 bits per heavy atom. The summed E-state index contributed by atoms with van der Waals surface area (Å²) in [5.41, 5.74) is 7.38. The molecule has 0 spiro atoms. The number of nitrogen functional groups attached to an aromatic ring is 1. The number of hydrogen-bond acceptors (Lipinski definition) is 2. The fourth-order valence-electron chi connectivity index (χ4n) is 1.79. The molecule has 0 aromatic heterocycles. The van der Waals surface area contributed by atoms with E-state index in [2.05, 4.69) is 19.1 Å². The lowest BCUT2D eigenvalue weighted by molar-refractivity contribution is 0.197. The molecule has 0 radical (unpaired) electrons. The molecule has 0 saturated heterocycles. The molecule has 0 bridgehead atoms. The van der Waals surface area contributed by atoms with E-state index in [4.69, 9.17) is 5.73 Å². The van der Waals surface area contributed by atoms with Crippen molar-refractivity contribution < 1.29 is 0 Å². The predicted octanol–water partition coefficient (Wildman–Crippen LogP) is 3.55. The van der Waals surface area contributed by atoms with E-state index in [9.17, 15) is 0 Å². The number of hydrogen-bond donors (Lipinski definition) is 1. The van der Waals surface area contributed by atoms with E-state index in [0.29, 0.717) is 5.41 Å². The summed E-state index contributed by atoms with van der Waals surface area (Å²) >= 11 is 1.90. The zero-order valence-electron chi connectivity index (χ0n) is 8.62. The zero-order valence-corrected chi connectivity index (χ0v) is 9.44. The third-order valence-electron chi connectivity index (χ3n) is 3.06. The van der Waals surface area contributed by atoms with Crippen LogP contribution in [0.2, 0.25) is 0 Å². The standard InChI is InChI=1S/C12H17NS/c1-12(7-4-8-12)9-14-11-6-3-2-5-10(11)13/h2-3,5-6H,4,7-9,13H2,1H3. The topological polar surface area (TPSA) is 26.0 Å². The third-order valence-corrected chi connectivity index (χ3v) is 4.58. The quantitative estimate of drug-likeness (QED) is 0.606. The van der Waals surface area contributed by atoms with Crippen molar-refractivity contribution in [1.82, 2.24) is 0 Å². The number of rotatable bonds is 3. The average molecular weight is 207 g/mol. The van der Waals surface area contributed by atoms with Crippen LogP contribution < -0.4 is 5.73 Å². The van der Waals surface area contributed by atoms with Gasteiger partial charge in [-0.2, -0.15) is 0 Å². The smallest absolute Gasteiger partial charge is 0.0452 e. The van der Waals surface area contributed by atoms with Gasteiger partial charge in [-0.3, -0.25) is 0 Å². The summed E-state index contributed by atoms with van der Waals surface area (Å²) in [4.78, 5) is 1.24. The molecule has 1 aliphatic rings. The van der Waals surface area contributed by atoms with Gasteiger partial charge in [0, 0.05) is 16.3 Å². The molecule has 0 atom stereocenters. The van der Waals surface area contributed by atoms with Crippen molar-refractivity contribution in [3.8, 4) is 0 Å². The summed E-state index contributed by atoms with van der Waals surface area (Å²) in [6.07, 6.45) is 4.17. The Morgan fingerprint density at radius 1 is 1.36 bits per heavy atom. The SMILES string of the molecule is CC1(CSc2ccccc2N)CCC1. The molecule has 2 N–H and O–H groups in total. The second-order valence-electron chi connectivity index (χ2n) is 4.49. The molecule has 2 rings (SSSR count). The summed E-state index contributed by atoms with van der Waals surface area (Å²) in [6, 6.07) is 8.14. The number of thioether (sulfide) groups is 1. The monoisotopic (exact) mass is 207 g/mol. The van der Waals surface area contributed by atoms with Crippen molar-refractivity contribution in [3.05, 3.63) is 24.3 Å². The Kier molecular flexibility index (Phi) is 2.73. The van der Waals surface area contributed by atoms with Crippen LogP contribution in [0.4, 0.5) is 5.69 Å². The summed E-state index contributed by atoms with van der Waals surface area (Å²) in [5, 5.41) is 0. The number of anilines is 1. The summed E-state index contributed by atoms with van der Waals surface area (Å²) in [7, 11) is 0. The van der Waals surface area contributed by atoms with Crippen LogP contribution in [-0.2, 0) is 0 Å². The molecule has 1 aromatic rings. The third kappa shape index (κ3) is 2.06. The van der Waals surface area contributed by atoms with Crippen LogP contribution in [0, 0.1) is 5.41 Å². The first-order valence-electron chi connectivity index (χ1n) is 5.17. The Morgan fingerprint density at radius 3 is 2.64 bits per heavy atom. The fourth-order valence-corrected chi connectivity index (χ4v) is 2.99. The molecule has 0 amide bonds. The molecule has 1 aliphatic carbocycles. The highest BCUT2D eigenvalue weighted by molar-refractivity contribution is 7.99. The van der Waals surface area contributed by atoms with Crippen LogP contribution in [0.5, 0.6) is 0 Å². The maximum Gasteiger partial charge on any atom is 0.0452 e. The van der Waals surface area contributed by atoms with Crippen LogP contribution in [0.3, 0.4) is 0 Å². The molecule has 1 aromatic carbocycles. The van der Waals surface area contributed by atoms with Gasteiger partial charge in [-0.05, 0) is 30.4 Å². The predicted molar refractivity (Wildman–Crippen MR) is 63.5 cm³/mol. The average Bonchev–Trinajstić information content (AvgIpc) is 2.14. The lowest BCUT2D eigenvalue weighted by Crippen LogP contribution is -2.27. The van der Waals surface area contributed by atoms with E-state index in [0.717, 1.165) is 5.69 Å². The van der Waals surface area contributed by atoms with Crippen LogP contribution in [-0.4, -0.2) is 5.75 Å². The molecule has 2 heteroatoms. The van der Waals surface area contributed by atoms with Crippen LogP contribution in [0.1, 0.15) is 26.2 Å². The normalized spacial score (nSPS) is 18.9. The highest BCUT2D eigenvalue weighted by atomic mass is 32.2. The molecular formula is C12H17NS. The van der Waals surface area contributed by atoms with Gasteiger partial charge in [-0.15, -0.1) is 11.8 Å².